The van der Waals surface area contributed by atoms with Gasteiger partial charge >= 0.3 is 0 Å². The molecule has 0 aromatic heterocycles. The van der Waals surface area contributed by atoms with Crippen LogP contribution >= 0.6 is 0 Å². The van der Waals surface area contributed by atoms with Crippen LogP contribution in [0.25, 0.3) is 5.57 Å². The summed E-state index contributed by atoms with van der Waals surface area (Å²) in [5.74, 6) is 7.21. The Balaban J connectivity index is 1.62. The molecule has 0 bridgehead atoms. The van der Waals surface area contributed by atoms with Crippen LogP contribution in [0.15, 0.2) is 157 Å². The first-order valence-electron chi connectivity index (χ1n) is 13.1. The van der Waals surface area contributed by atoms with Gasteiger partial charge in [0.1, 0.15) is 0 Å². The minimum absolute atomic E-state index is 0.0213. The van der Waals surface area contributed by atoms with E-state index < -0.39 is 0 Å². The third-order valence-corrected chi connectivity index (χ3v) is 7.14. The van der Waals surface area contributed by atoms with E-state index in [2.05, 4.69) is 150 Å². The first-order valence-corrected chi connectivity index (χ1v) is 13.1. The molecular weight excluding hydrogens is 458 g/mol. The van der Waals surface area contributed by atoms with E-state index >= 15 is 0 Å². The van der Waals surface area contributed by atoms with Crippen LogP contribution in [-0.2, 0) is 6.54 Å². The summed E-state index contributed by atoms with van der Waals surface area (Å²) >= 11 is 0. The average molecular weight is 488 g/mol. The molecule has 182 valence electrons. The van der Waals surface area contributed by atoms with Crippen LogP contribution in [0.4, 0.5) is 0 Å². The second kappa shape index (κ2) is 11.2. The Hall–Kier alpha value is -4.64. The van der Waals surface area contributed by atoms with Crippen molar-refractivity contribution in [3.05, 3.63) is 185 Å². The van der Waals surface area contributed by atoms with Gasteiger partial charge in [-0.15, -0.1) is 0 Å². The molecule has 0 spiro atoms. The van der Waals surface area contributed by atoms with E-state index in [0.29, 0.717) is 0 Å². The lowest BCUT2D eigenvalue weighted by molar-refractivity contribution is 0.202. The topological polar surface area (TPSA) is 3.24 Å². The summed E-state index contributed by atoms with van der Waals surface area (Å²) in [6.07, 6.45) is 0. The van der Waals surface area contributed by atoms with Crippen LogP contribution in [0, 0.1) is 11.8 Å². The molecule has 0 aliphatic carbocycles. The number of hydrogen-bond donors (Lipinski definition) is 0. The molecule has 1 aliphatic rings. The predicted molar refractivity (Wildman–Crippen MR) is 157 cm³/mol. The Morgan fingerprint density at radius 2 is 0.947 bits per heavy atom. The van der Waals surface area contributed by atoms with Gasteiger partial charge in [-0.3, -0.25) is 4.90 Å². The van der Waals surface area contributed by atoms with Crippen molar-refractivity contribution >= 4 is 5.57 Å². The van der Waals surface area contributed by atoms with E-state index in [1.807, 2.05) is 18.2 Å². The highest BCUT2D eigenvalue weighted by Gasteiger charge is 2.42. The van der Waals surface area contributed by atoms with Gasteiger partial charge in [-0.25, -0.2) is 0 Å². The maximum absolute atomic E-state index is 3.70. The summed E-state index contributed by atoms with van der Waals surface area (Å²) < 4.78 is 0. The van der Waals surface area contributed by atoms with Gasteiger partial charge in [0.2, 0.25) is 0 Å². The van der Waals surface area contributed by atoms with E-state index in [0.717, 1.165) is 17.7 Å². The summed E-state index contributed by atoms with van der Waals surface area (Å²) in [6, 6.07) is 53.7. The molecule has 0 saturated carbocycles. The summed E-state index contributed by atoms with van der Waals surface area (Å²) in [5.41, 5.74) is 8.51. The molecule has 1 heteroatoms. The van der Waals surface area contributed by atoms with Crippen molar-refractivity contribution in [2.45, 2.75) is 18.6 Å². The van der Waals surface area contributed by atoms with E-state index in [4.69, 9.17) is 0 Å². The normalized spacial score (nSPS) is 17.2. The molecule has 38 heavy (non-hydrogen) atoms. The fourth-order valence-corrected chi connectivity index (χ4v) is 5.47. The first kappa shape index (κ1) is 23.7. The van der Waals surface area contributed by atoms with Gasteiger partial charge in [0.05, 0.1) is 12.1 Å². The largest absolute Gasteiger partial charge is 0.276 e. The average Bonchev–Trinajstić information content (AvgIpc) is 3.32. The molecule has 0 fully saturated rings. The number of benzene rings is 5. The quantitative estimate of drug-likeness (QED) is 0.225. The molecule has 0 unspecified atom stereocenters. The number of nitrogens with zero attached hydrogens (tertiary/aromatic N) is 1. The van der Waals surface area contributed by atoms with Crippen molar-refractivity contribution in [3.63, 3.8) is 0 Å². The Morgan fingerprint density at radius 1 is 0.474 bits per heavy atom. The van der Waals surface area contributed by atoms with Crippen molar-refractivity contribution in [3.8, 4) is 11.8 Å². The molecule has 0 N–H and O–H groups in total. The highest BCUT2D eigenvalue weighted by molar-refractivity contribution is 5.81. The van der Waals surface area contributed by atoms with Gasteiger partial charge in [0.25, 0.3) is 0 Å². The molecule has 5 aromatic carbocycles. The van der Waals surface area contributed by atoms with E-state index in [1.54, 1.807) is 0 Å². The Kier molecular flexibility index (Phi) is 6.98. The van der Waals surface area contributed by atoms with Crippen LogP contribution in [0.1, 0.15) is 39.9 Å². The molecule has 1 nitrogen and oxygen atoms in total. The highest BCUT2D eigenvalue weighted by Crippen LogP contribution is 2.52. The summed E-state index contributed by atoms with van der Waals surface area (Å²) in [5, 5.41) is 0. The first-order chi connectivity index (χ1) is 18.9. The lowest BCUT2D eigenvalue weighted by atomic mass is 9.90. The van der Waals surface area contributed by atoms with Gasteiger partial charge in [0.15, 0.2) is 0 Å². The summed E-state index contributed by atoms with van der Waals surface area (Å²) in [6.45, 7) is 0.812. The van der Waals surface area contributed by atoms with Gasteiger partial charge in [0, 0.05) is 17.7 Å². The molecular formula is C37H29N. The SMILES string of the molecule is C(#Cc1ccccc1)C1=C(c2ccccc2)[C@@H](c2ccccc2)N(Cc2ccccc2)[C@@H]1c1ccccc1. The van der Waals surface area contributed by atoms with Crippen molar-refractivity contribution < 1.29 is 0 Å². The minimum atomic E-state index is 0.0213. The van der Waals surface area contributed by atoms with Crippen LogP contribution in [0.3, 0.4) is 0 Å². The zero-order valence-electron chi connectivity index (χ0n) is 21.2. The molecule has 1 aliphatic heterocycles. The lowest BCUT2D eigenvalue weighted by Crippen LogP contribution is -2.28. The molecule has 0 amide bonds. The Labute approximate surface area is 225 Å². The zero-order valence-corrected chi connectivity index (χ0v) is 21.2. The Morgan fingerprint density at radius 3 is 1.53 bits per heavy atom. The summed E-state index contributed by atoms with van der Waals surface area (Å²) in [4.78, 5) is 2.62. The Bertz CT molecular complexity index is 1560. The van der Waals surface area contributed by atoms with Crippen LogP contribution in [-0.4, -0.2) is 4.90 Å². The van der Waals surface area contributed by atoms with Gasteiger partial charge in [-0.1, -0.05) is 151 Å². The van der Waals surface area contributed by atoms with Crippen molar-refractivity contribution in [1.82, 2.24) is 4.90 Å². The molecule has 6 rings (SSSR count). The van der Waals surface area contributed by atoms with Gasteiger partial charge in [-0.2, -0.15) is 0 Å². The van der Waals surface area contributed by atoms with E-state index in [-0.39, 0.29) is 12.1 Å². The fraction of sp³-hybridized carbons (Fsp3) is 0.0811. The molecule has 0 saturated heterocycles. The third kappa shape index (κ3) is 4.96. The standard InChI is InChI=1S/C37H29N/c1-6-16-29(17-7-1)26-27-34-35(31-20-10-3-11-21-31)37(33-24-14-5-15-25-33)38(28-30-18-8-2-9-19-30)36(34)32-22-12-4-13-23-32/h1-25,36-37H,28H2/t36-,37-/m1/s1. The summed E-state index contributed by atoms with van der Waals surface area (Å²) in [7, 11) is 0. The van der Waals surface area contributed by atoms with Crippen LogP contribution in [0.2, 0.25) is 0 Å². The minimum Gasteiger partial charge on any atom is -0.276 e. The molecule has 2 atom stereocenters. The molecule has 0 radical (unpaired) electrons. The molecule has 1 heterocycles. The maximum Gasteiger partial charge on any atom is 0.0696 e. The smallest absolute Gasteiger partial charge is 0.0696 e. The van der Waals surface area contributed by atoms with Crippen LogP contribution in [0.5, 0.6) is 0 Å². The van der Waals surface area contributed by atoms with Crippen LogP contribution < -0.4 is 0 Å². The maximum atomic E-state index is 3.70. The predicted octanol–water partition coefficient (Wildman–Crippen LogP) is 8.49. The second-order valence-electron chi connectivity index (χ2n) is 9.59. The van der Waals surface area contributed by atoms with Gasteiger partial charge in [-0.05, 0) is 40.0 Å². The van der Waals surface area contributed by atoms with Crippen molar-refractivity contribution in [1.29, 1.82) is 0 Å². The number of rotatable bonds is 5. The van der Waals surface area contributed by atoms with E-state index in [9.17, 15) is 0 Å². The third-order valence-electron chi connectivity index (χ3n) is 7.14. The lowest BCUT2D eigenvalue weighted by Gasteiger charge is -2.33. The van der Waals surface area contributed by atoms with Crippen molar-refractivity contribution in [2.24, 2.45) is 0 Å². The van der Waals surface area contributed by atoms with Crippen molar-refractivity contribution in [2.75, 3.05) is 0 Å². The van der Waals surface area contributed by atoms with Gasteiger partial charge < -0.3 is 0 Å². The monoisotopic (exact) mass is 487 g/mol. The number of hydrogen-bond acceptors (Lipinski definition) is 1. The second-order valence-corrected chi connectivity index (χ2v) is 9.59. The highest BCUT2D eigenvalue weighted by atomic mass is 15.2. The molecule has 5 aromatic rings. The fourth-order valence-electron chi connectivity index (χ4n) is 5.47. The van der Waals surface area contributed by atoms with E-state index in [1.165, 1.54) is 27.8 Å². The zero-order chi connectivity index (χ0) is 25.6.